The molecular formula is C30H28Cl2Si2. The summed E-state index contributed by atoms with van der Waals surface area (Å²) in [5.41, 5.74) is 0. The van der Waals surface area contributed by atoms with Gasteiger partial charge in [0.15, 0.2) is 0 Å². The predicted octanol–water partition coefficient (Wildman–Crippen LogP) is 6.63. The van der Waals surface area contributed by atoms with Crippen LogP contribution in [0.1, 0.15) is 13.8 Å². The lowest BCUT2D eigenvalue weighted by Crippen LogP contribution is -2.57. The van der Waals surface area contributed by atoms with Gasteiger partial charge in [-0.15, -0.1) is 0 Å². The normalized spacial score (nSPS) is 15.2. The Kier molecular flexibility index (Phi) is 6.43. The van der Waals surface area contributed by atoms with Gasteiger partial charge >= 0.3 is 0 Å². The standard InChI is InChI=1S/C30H28Cl2Si2/c1-3-33(31,23-15-7-5-8-16-23)29-25-19-11-13-21-27(25)30(28-22-14-12-20-26(28)29)34(32,4-2)24-17-9-6-10-18-24/h5-22H,3-4H2,1-2H3. The van der Waals surface area contributed by atoms with E-state index in [1.165, 1.54) is 42.3 Å². The molecule has 5 rings (SSSR count). The molecule has 5 aromatic carbocycles. The molecule has 0 radical (unpaired) electrons. The summed E-state index contributed by atoms with van der Waals surface area (Å²) in [6, 6.07) is 40.8. The molecule has 0 nitrogen and oxygen atoms in total. The summed E-state index contributed by atoms with van der Waals surface area (Å²) in [6.45, 7) is 4.47. The quantitative estimate of drug-likeness (QED) is 0.135. The third-order valence-electron chi connectivity index (χ3n) is 7.16. The summed E-state index contributed by atoms with van der Waals surface area (Å²) >= 11 is 15.5. The highest BCUT2D eigenvalue weighted by molar-refractivity contribution is 7.37. The van der Waals surface area contributed by atoms with E-state index in [0.29, 0.717) is 0 Å². The summed E-state index contributed by atoms with van der Waals surface area (Å²) < 4.78 is 0. The summed E-state index contributed by atoms with van der Waals surface area (Å²) in [5, 5.41) is 10.2. The topological polar surface area (TPSA) is 0 Å². The maximum Gasteiger partial charge on any atom is 0.218 e. The summed E-state index contributed by atoms with van der Waals surface area (Å²) in [5.74, 6) is 0. The summed E-state index contributed by atoms with van der Waals surface area (Å²) in [6.07, 6.45) is 0. The van der Waals surface area contributed by atoms with Gasteiger partial charge in [-0.2, -0.15) is 22.2 Å². The molecule has 4 heteroatoms. The number of rotatable bonds is 6. The van der Waals surface area contributed by atoms with Gasteiger partial charge < -0.3 is 0 Å². The number of fused-ring (bicyclic) bond motifs is 2. The molecule has 0 spiro atoms. The zero-order chi connectivity index (χ0) is 23.8. The van der Waals surface area contributed by atoms with Crippen molar-refractivity contribution in [1.29, 1.82) is 0 Å². The Morgan fingerprint density at radius 2 is 0.706 bits per heavy atom. The van der Waals surface area contributed by atoms with Gasteiger partial charge in [0.2, 0.25) is 14.8 Å². The van der Waals surface area contributed by atoms with Gasteiger partial charge in [0.1, 0.15) is 0 Å². The van der Waals surface area contributed by atoms with Gasteiger partial charge in [-0.1, -0.05) is 123 Å². The van der Waals surface area contributed by atoms with E-state index in [4.69, 9.17) is 22.2 Å². The monoisotopic (exact) mass is 514 g/mol. The largest absolute Gasteiger partial charge is 0.218 e. The van der Waals surface area contributed by atoms with Crippen LogP contribution in [-0.2, 0) is 0 Å². The molecule has 0 aliphatic heterocycles. The minimum absolute atomic E-state index is 0.918. The molecule has 2 unspecified atom stereocenters. The molecule has 0 saturated carbocycles. The molecule has 0 amide bonds. The van der Waals surface area contributed by atoms with E-state index in [2.05, 4.69) is 123 Å². The van der Waals surface area contributed by atoms with Crippen molar-refractivity contribution in [2.45, 2.75) is 25.9 Å². The maximum atomic E-state index is 7.77. The highest BCUT2D eigenvalue weighted by Gasteiger charge is 2.41. The molecule has 0 aliphatic carbocycles. The lowest BCUT2D eigenvalue weighted by Gasteiger charge is -2.32. The van der Waals surface area contributed by atoms with E-state index in [1.54, 1.807) is 0 Å². The first-order valence-corrected chi connectivity index (χ1v) is 18.4. The van der Waals surface area contributed by atoms with Crippen molar-refractivity contribution in [3.63, 3.8) is 0 Å². The van der Waals surface area contributed by atoms with Crippen LogP contribution in [0.2, 0.25) is 12.1 Å². The minimum atomic E-state index is -2.53. The Hall–Kier alpha value is -2.37. The van der Waals surface area contributed by atoms with Crippen LogP contribution in [0.3, 0.4) is 0 Å². The van der Waals surface area contributed by atoms with Crippen LogP contribution in [0, 0.1) is 0 Å². The number of hydrogen-bond acceptors (Lipinski definition) is 0. The zero-order valence-electron chi connectivity index (χ0n) is 19.6. The second-order valence-corrected chi connectivity index (χ2v) is 19.5. The molecule has 0 N–H and O–H groups in total. The lowest BCUT2D eigenvalue weighted by molar-refractivity contribution is 1.43. The average Bonchev–Trinajstić information content (AvgIpc) is 2.91. The van der Waals surface area contributed by atoms with Gasteiger partial charge in [0.25, 0.3) is 0 Å². The van der Waals surface area contributed by atoms with Crippen molar-refractivity contribution in [2.24, 2.45) is 0 Å². The Morgan fingerprint density at radius 1 is 0.441 bits per heavy atom. The van der Waals surface area contributed by atoms with Crippen molar-refractivity contribution in [3.05, 3.63) is 109 Å². The van der Waals surface area contributed by atoms with E-state index in [1.807, 2.05) is 0 Å². The first-order valence-electron chi connectivity index (χ1n) is 12.0. The Morgan fingerprint density at radius 3 is 0.971 bits per heavy atom. The highest BCUT2D eigenvalue weighted by atomic mass is 35.6. The molecular weight excluding hydrogens is 487 g/mol. The number of benzene rings is 5. The predicted molar refractivity (Wildman–Crippen MR) is 157 cm³/mol. The van der Waals surface area contributed by atoms with Crippen LogP contribution >= 0.6 is 22.2 Å². The first kappa shape index (κ1) is 23.4. The molecule has 0 aromatic heterocycles. The fourth-order valence-electron chi connectivity index (χ4n) is 5.44. The lowest BCUT2D eigenvalue weighted by atomic mass is 10.0. The van der Waals surface area contributed by atoms with E-state index in [0.717, 1.165) is 12.1 Å². The van der Waals surface area contributed by atoms with E-state index < -0.39 is 14.8 Å². The van der Waals surface area contributed by atoms with Crippen LogP contribution in [0.4, 0.5) is 0 Å². The van der Waals surface area contributed by atoms with Gasteiger partial charge in [-0.3, -0.25) is 0 Å². The van der Waals surface area contributed by atoms with E-state index >= 15 is 0 Å². The average molecular weight is 516 g/mol. The molecule has 170 valence electrons. The zero-order valence-corrected chi connectivity index (χ0v) is 23.1. The van der Waals surface area contributed by atoms with Crippen molar-refractivity contribution >= 4 is 79.2 Å². The fourth-order valence-corrected chi connectivity index (χ4v) is 13.5. The Labute approximate surface area is 213 Å². The number of halogens is 2. The molecule has 0 aliphatic rings. The molecule has 34 heavy (non-hydrogen) atoms. The van der Waals surface area contributed by atoms with Gasteiger partial charge in [-0.25, -0.2) is 0 Å². The van der Waals surface area contributed by atoms with Crippen molar-refractivity contribution < 1.29 is 0 Å². The minimum Gasteiger partial charge on any atom is -0.155 e. The molecule has 0 heterocycles. The molecule has 5 aromatic rings. The molecule has 0 saturated heterocycles. The first-order chi connectivity index (χ1) is 16.5. The summed E-state index contributed by atoms with van der Waals surface area (Å²) in [7, 11) is -5.06. The van der Waals surface area contributed by atoms with Gasteiger partial charge in [0, 0.05) is 0 Å². The molecule has 2 atom stereocenters. The van der Waals surface area contributed by atoms with E-state index in [9.17, 15) is 0 Å². The van der Waals surface area contributed by atoms with Crippen LogP contribution < -0.4 is 20.7 Å². The van der Waals surface area contributed by atoms with Crippen LogP contribution in [0.15, 0.2) is 109 Å². The Balaban J connectivity index is 1.96. The summed E-state index contributed by atoms with van der Waals surface area (Å²) in [4.78, 5) is 0. The van der Waals surface area contributed by atoms with Crippen molar-refractivity contribution in [2.75, 3.05) is 0 Å². The second kappa shape index (κ2) is 9.35. The SMILES string of the molecule is CC[Si](Cl)(c1ccccc1)c1c2ccccc2c([Si](Cl)(CC)c2ccccc2)c2ccccc12. The smallest absolute Gasteiger partial charge is 0.155 e. The van der Waals surface area contributed by atoms with Crippen molar-refractivity contribution in [1.82, 2.24) is 0 Å². The van der Waals surface area contributed by atoms with Crippen LogP contribution in [0.5, 0.6) is 0 Å². The van der Waals surface area contributed by atoms with Crippen LogP contribution in [-0.4, -0.2) is 14.8 Å². The van der Waals surface area contributed by atoms with Crippen molar-refractivity contribution in [3.8, 4) is 0 Å². The Bertz CT molecular complexity index is 1280. The third kappa shape index (κ3) is 3.65. The third-order valence-corrected chi connectivity index (χ3v) is 18.3. The maximum absolute atomic E-state index is 7.77. The highest BCUT2D eigenvalue weighted by Crippen LogP contribution is 2.31. The van der Waals surface area contributed by atoms with E-state index in [-0.39, 0.29) is 0 Å². The molecule has 0 bridgehead atoms. The fraction of sp³-hybridized carbons (Fsp3) is 0.133. The van der Waals surface area contributed by atoms with Gasteiger partial charge in [-0.05, 0) is 54.4 Å². The number of hydrogen-bond donors (Lipinski definition) is 0. The van der Waals surface area contributed by atoms with Crippen LogP contribution in [0.25, 0.3) is 21.5 Å². The molecule has 0 fully saturated rings. The van der Waals surface area contributed by atoms with Gasteiger partial charge in [0.05, 0.1) is 0 Å². The second-order valence-electron chi connectivity index (χ2n) is 8.88.